The van der Waals surface area contributed by atoms with Crippen molar-refractivity contribution in [2.24, 2.45) is 0 Å². The lowest BCUT2D eigenvalue weighted by molar-refractivity contribution is -0.876. The van der Waals surface area contributed by atoms with Gasteiger partial charge in [-0.25, -0.2) is 4.57 Å². The quantitative estimate of drug-likeness (QED) is 0.0599. The number of carboxylic acids is 1. The van der Waals surface area contributed by atoms with Crippen LogP contribution < -0.4 is 0 Å². The lowest BCUT2D eigenvalue weighted by atomic mass is 9.91. The SMILES string of the molecule is CCCCCCCCCCCCCCCCOCC(CC(CC(=O)O)(C[N+](C)(C)C)OP(=O)(O)O)OCC. The molecule has 0 rings (SSSR count). The number of carboxylic acid groups (broad SMARTS) is 1. The van der Waals surface area contributed by atoms with Gasteiger partial charge in [0.25, 0.3) is 0 Å². The van der Waals surface area contributed by atoms with Crippen LogP contribution in [0.4, 0.5) is 0 Å². The molecule has 228 valence electrons. The Kier molecular flexibility index (Phi) is 20.9. The minimum absolute atomic E-state index is 0.00646. The zero-order chi connectivity index (χ0) is 28.9. The first-order chi connectivity index (χ1) is 17.8. The molecule has 0 aromatic rings. The van der Waals surface area contributed by atoms with Crippen molar-refractivity contribution in [2.45, 2.75) is 128 Å². The molecule has 3 N–H and O–H groups in total. The van der Waals surface area contributed by atoms with Gasteiger partial charge in [0.1, 0.15) is 12.1 Å². The second kappa shape index (κ2) is 21.2. The largest absolute Gasteiger partial charge is 0.481 e. The van der Waals surface area contributed by atoms with Crippen LogP contribution in [0.25, 0.3) is 0 Å². The maximum atomic E-state index is 11.8. The molecule has 0 aromatic carbocycles. The summed E-state index contributed by atoms with van der Waals surface area (Å²) in [5.74, 6) is -1.19. The molecule has 0 spiro atoms. The van der Waals surface area contributed by atoms with Crippen LogP contribution >= 0.6 is 7.82 Å². The number of phosphoric acid groups is 1. The molecule has 9 nitrogen and oxygen atoms in total. The van der Waals surface area contributed by atoms with Crippen LogP contribution in [0.2, 0.25) is 0 Å². The van der Waals surface area contributed by atoms with Crippen LogP contribution in [0.5, 0.6) is 0 Å². The average molecular weight is 569 g/mol. The summed E-state index contributed by atoms with van der Waals surface area (Å²) in [7, 11) is 0.524. The highest BCUT2D eigenvalue weighted by Crippen LogP contribution is 2.45. The smallest absolute Gasteiger partial charge is 0.470 e. The number of aliphatic carboxylic acids is 1. The number of unbranched alkanes of at least 4 members (excludes halogenated alkanes) is 13. The van der Waals surface area contributed by atoms with Crippen LogP contribution in [-0.4, -0.2) is 84.6 Å². The van der Waals surface area contributed by atoms with Gasteiger partial charge in [0.05, 0.1) is 40.3 Å². The second-order valence-corrected chi connectivity index (χ2v) is 12.9. The number of quaternary nitrogens is 1. The van der Waals surface area contributed by atoms with E-state index in [1.165, 1.54) is 77.0 Å². The number of rotatable bonds is 27. The first kappa shape index (κ1) is 37.5. The summed E-state index contributed by atoms with van der Waals surface area (Å²) in [5, 5.41) is 9.50. The van der Waals surface area contributed by atoms with Gasteiger partial charge in [0.2, 0.25) is 0 Å². The van der Waals surface area contributed by atoms with E-state index < -0.39 is 31.9 Å². The molecule has 0 bridgehead atoms. The Morgan fingerprint density at radius 1 is 0.842 bits per heavy atom. The summed E-state index contributed by atoms with van der Waals surface area (Å²) < 4.78 is 28.8. The average Bonchev–Trinajstić information content (AvgIpc) is 2.75. The first-order valence-corrected chi connectivity index (χ1v) is 16.3. The van der Waals surface area contributed by atoms with Crippen LogP contribution in [0, 0.1) is 0 Å². The number of ether oxygens (including phenoxy) is 2. The summed E-state index contributed by atoms with van der Waals surface area (Å²) >= 11 is 0. The molecule has 0 amide bonds. The molecule has 0 aliphatic heterocycles. The molecule has 38 heavy (non-hydrogen) atoms. The molecular formula is C28H59NO8P+. The molecule has 2 atom stereocenters. The molecule has 0 saturated carbocycles. The third-order valence-electron chi connectivity index (χ3n) is 6.50. The number of phosphoric ester groups is 1. The zero-order valence-electron chi connectivity index (χ0n) is 25.0. The molecule has 0 radical (unpaired) electrons. The van der Waals surface area contributed by atoms with Gasteiger partial charge >= 0.3 is 13.8 Å². The molecule has 0 fully saturated rings. The van der Waals surface area contributed by atoms with Crippen molar-refractivity contribution in [1.82, 2.24) is 0 Å². The van der Waals surface area contributed by atoms with E-state index in [0.717, 1.165) is 12.8 Å². The summed E-state index contributed by atoms with van der Waals surface area (Å²) in [5.41, 5.74) is -1.60. The van der Waals surface area contributed by atoms with E-state index >= 15 is 0 Å². The maximum absolute atomic E-state index is 11.8. The number of hydrogen-bond acceptors (Lipinski definition) is 5. The van der Waals surface area contributed by atoms with Crippen molar-refractivity contribution in [3.8, 4) is 0 Å². The Bertz CT molecular complexity index is 637. The molecule has 0 aliphatic carbocycles. The van der Waals surface area contributed by atoms with Crippen molar-refractivity contribution >= 4 is 13.8 Å². The van der Waals surface area contributed by atoms with E-state index in [1.54, 1.807) is 0 Å². The number of hydrogen-bond donors (Lipinski definition) is 3. The fourth-order valence-corrected chi connectivity index (χ4v) is 5.81. The fraction of sp³-hybridized carbons (Fsp3) is 0.964. The second-order valence-electron chi connectivity index (χ2n) is 11.7. The van der Waals surface area contributed by atoms with E-state index in [1.807, 2.05) is 28.1 Å². The topological polar surface area (TPSA) is 123 Å². The monoisotopic (exact) mass is 568 g/mol. The lowest BCUT2D eigenvalue weighted by Gasteiger charge is -2.39. The Hall–Kier alpha value is -0.540. The summed E-state index contributed by atoms with van der Waals surface area (Å²) in [4.78, 5) is 30.7. The van der Waals surface area contributed by atoms with Crippen molar-refractivity contribution < 1.29 is 42.7 Å². The van der Waals surface area contributed by atoms with Crippen molar-refractivity contribution in [3.05, 3.63) is 0 Å². The number of carbonyl (C=O) groups is 1. The van der Waals surface area contributed by atoms with Gasteiger partial charge in [-0.2, -0.15) is 0 Å². The predicted octanol–water partition coefficient (Wildman–Crippen LogP) is 6.31. The van der Waals surface area contributed by atoms with Gasteiger partial charge in [0.15, 0.2) is 0 Å². The van der Waals surface area contributed by atoms with Gasteiger partial charge in [0, 0.05) is 19.6 Å². The predicted molar refractivity (Wildman–Crippen MR) is 152 cm³/mol. The van der Waals surface area contributed by atoms with E-state index in [-0.39, 0.29) is 24.1 Å². The third-order valence-corrected chi connectivity index (χ3v) is 7.12. The van der Waals surface area contributed by atoms with Gasteiger partial charge < -0.3 is 28.9 Å². The molecule has 0 heterocycles. The fourth-order valence-electron chi connectivity index (χ4n) is 5.11. The Balaban J connectivity index is 4.39. The Morgan fingerprint density at radius 3 is 1.71 bits per heavy atom. The van der Waals surface area contributed by atoms with Crippen LogP contribution in [0.1, 0.15) is 117 Å². The normalized spacial score (nSPS) is 14.9. The minimum Gasteiger partial charge on any atom is -0.481 e. The van der Waals surface area contributed by atoms with E-state index in [4.69, 9.17) is 14.0 Å². The summed E-state index contributed by atoms with van der Waals surface area (Å²) in [6.45, 7) is 5.33. The van der Waals surface area contributed by atoms with Crippen molar-refractivity contribution in [2.75, 3.05) is 47.5 Å². The van der Waals surface area contributed by atoms with E-state index in [0.29, 0.717) is 13.2 Å². The van der Waals surface area contributed by atoms with Gasteiger partial charge in [-0.3, -0.25) is 9.32 Å². The van der Waals surface area contributed by atoms with Crippen molar-refractivity contribution in [3.63, 3.8) is 0 Å². The van der Waals surface area contributed by atoms with E-state index in [9.17, 15) is 24.3 Å². The highest BCUT2D eigenvalue weighted by molar-refractivity contribution is 7.46. The zero-order valence-corrected chi connectivity index (χ0v) is 25.9. The number of likely N-dealkylation sites (N-methyl/N-ethyl adjacent to an activating group) is 1. The maximum Gasteiger partial charge on any atom is 0.470 e. The summed E-state index contributed by atoms with van der Waals surface area (Å²) in [6, 6.07) is 0. The molecule has 0 aliphatic rings. The molecule has 10 heteroatoms. The standard InChI is InChI=1S/C28H58NO8P/c1-6-8-9-10-11-12-13-14-15-16-17-18-19-20-21-35-24-26(36-7-2)22-28(23-27(30)31,25-29(3,4)5)37-38(32,33)34/h26H,6-25H2,1-5H3,(H2-,30,31,32,33,34)/p+1. The molecule has 0 aromatic heterocycles. The van der Waals surface area contributed by atoms with Gasteiger partial charge in [-0.1, -0.05) is 90.4 Å². The molecule has 2 unspecified atom stereocenters. The van der Waals surface area contributed by atoms with Crippen LogP contribution in [-0.2, 0) is 23.4 Å². The third kappa shape index (κ3) is 23.4. The highest BCUT2D eigenvalue weighted by Gasteiger charge is 2.46. The summed E-state index contributed by atoms with van der Waals surface area (Å²) in [6.07, 6.45) is 17.0. The number of nitrogens with zero attached hydrogens (tertiary/aromatic N) is 1. The molecular weight excluding hydrogens is 509 g/mol. The van der Waals surface area contributed by atoms with Crippen molar-refractivity contribution in [1.29, 1.82) is 0 Å². The Labute approximate surface area is 232 Å². The Morgan fingerprint density at radius 2 is 1.32 bits per heavy atom. The van der Waals surface area contributed by atoms with Crippen LogP contribution in [0.15, 0.2) is 0 Å². The lowest BCUT2D eigenvalue weighted by Crippen LogP contribution is -2.53. The van der Waals surface area contributed by atoms with E-state index in [2.05, 4.69) is 6.92 Å². The highest BCUT2D eigenvalue weighted by atomic mass is 31.2. The minimum atomic E-state index is -4.94. The van der Waals surface area contributed by atoms with Gasteiger partial charge in [-0.15, -0.1) is 0 Å². The molecule has 0 saturated heterocycles. The van der Waals surface area contributed by atoms with Gasteiger partial charge in [-0.05, 0) is 13.3 Å². The van der Waals surface area contributed by atoms with Crippen LogP contribution in [0.3, 0.4) is 0 Å². The first-order valence-electron chi connectivity index (χ1n) is 14.8.